The molecule has 2 amide bonds. The van der Waals surface area contributed by atoms with Crippen LogP contribution < -0.4 is 10.6 Å². The van der Waals surface area contributed by atoms with Crippen molar-refractivity contribution in [1.82, 2.24) is 15.5 Å². The molecule has 26 heavy (non-hydrogen) atoms. The van der Waals surface area contributed by atoms with E-state index in [1.807, 2.05) is 0 Å². The molecule has 0 spiro atoms. The van der Waals surface area contributed by atoms with Gasteiger partial charge in [0.25, 0.3) is 11.8 Å². The summed E-state index contributed by atoms with van der Waals surface area (Å²) in [6, 6.07) is 7.55. The van der Waals surface area contributed by atoms with Gasteiger partial charge in [-0.2, -0.15) is 0 Å². The second kappa shape index (κ2) is 9.34. The maximum atomic E-state index is 12.3. The number of halogens is 1. The summed E-state index contributed by atoms with van der Waals surface area (Å²) in [5, 5.41) is 6.67. The van der Waals surface area contributed by atoms with Crippen molar-refractivity contribution in [3.63, 3.8) is 0 Å². The normalized spacial score (nSPS) is 21.3. The van der Waals surface area contributed by atoms with Gasteiger partial charge in [0.05, 0.1) is 11.1 Å². The molecule has 1 fully saturated rings. The molecule has 3 rings (SSSR count). The Balaban J connectivity index is 0.00000243. The summed E-state index contributed by atoms with van der Waals surface area (Å²) in [7, 11) is 0. The number of fused-ring (bicyclic) bond motifs is 1. The molecule has 1 aromatic rings. The third-order valence-corrected chi connectivity index (χ3v) is 4.71. The van der Waals surface area contributed by atoms with Gasteiger partial charge in [-0.15, -0.1) is 24.0 Å². The van der Waals surface area contributed by atoms with Crippen molar-refractivity contribution in [2.45, 2.75) is 39.2 Å². The first-order valence-corrected chi connectivity index (χ1v) is 9.12. The monoisotopic (exact) mass is 470 g/mol. The van der Waals surface area contributed by atoms with E-state index >= 15 is 0 Å². The Kier molecular flexibility index (Phi) is 7.43. The summed E-state index contributed by atoms with van der Waals surface area (Å²) in [5.74, 6) is 1.22. The summed E-state index contributed by atoms with van der Waals surface area (Å²) in [6.07, 6.45) is 2.79. The van der Waals surface area contributed by atoms with Crippen molar-refractivity contribution in [3.8, 4) is 0 Å². The van der Waals surface area contributed by atoms with E-state index in [9.17, 15) is 9.59 Å². The number of rotatable bonds is 7. The highest BCUT2D eigenvalue weighted by molar-refractivity contribution is 14.0. The largest absolute Gasteiger partial charge is 0.357 e. The van der Waals surface area contributed by atoms with Crippen LogP contribution in [0.4, 0.5) is 0 Å². The molecule has 1 aliphatic heterocycles. The molecule has 7 heteroatoms. The summed E-state index contributed by atoms with van der Waals surface area (Å²) >= 11 is 0. The standard InChI is InChI=1S/C19H26N4O2.HI/c1-3-20-19(22-16-12-13(16)2)21-10-6-7-11-23-17(24)14-8-4-5-9-15(14)18(23)25;/h4-5,8-9,13,16H,3,6-7,10-12H2,1-2H3,(H2,20,21,22);1H. The summed E-state index contributed by atoms with van der Waals surface area (Å²) < 4.78 is 0. The predicted molar refractivity (Wildman–Crippen MR) is 113 cm³/mol. The van der Waals surface area contributed by atoms with Crippen LogP contribution in [0.15, 0.2) is 29.3 Å². The topological polar surface area (TPSA) is 73.8 Å². The average molecular weight is 470 g/mol. The summed E-state index contributed by atoms with van der Waals surface area (Å²) in [4.78, 5) is 30.5. The Hall–Kier alpha value is -1.64. The first kappa shape index (κ1) is 20.7. The van der Waals surface area contributed by atoms with Crippen molar-refractivity contribution in [2.24, 2.45) is 10.9 Å². The molecule has 1 aromatic carbocycles. The van der Waals surface area contributed by atoms with Gasteiger partial charge in [0.1, 0.15) is 0 Å². The number of unbranched alkanes of at least 4 members (excludes halogenated alkanes) is 1. The van der Waals surface area contributed by atoms with Crippen molar-refractivity contribution in [1.29, 1.82) is 0 Å². The second-order valence-corrected chi connectivity index (χ2v) is 6.74. The number of amides is 2. The van der Waals surface area contributed by atoms with E-state index in [0.717, 1.165) is 31.3 Å². The Bertz CT molecular complexity index is 657. The Morgan fingerprint density at radius 3 is 2.35 bits per heavy atom. The highest BCUT2D eigenvalue weighted by Gasteiger charge is 2.34. The smallest absolute Gasteiger partial charge is 0.261 e. The number of guanidine groups is 1. The molecule has 0 aromatic heterocycles. The number of nitrogens with zero attached hydrogens (tertiary/aromatic N) is 2. The van der Waals surface area contributed by atoms with E-state index in [-0.39, 0.29) is 35.8 Å². The predicted octanol–water partition coefficient (Wildman–Crippen LogP) is 2.64. The molecule has 2 unspecified atom stereocenters. The molecule has 6 nitrogen and oxygen atoms in total. The van der Waals surface area contributed by atoms with Crippen LogP contribution in [-0.2, 0) is 0 Å². The van der Waals surface area contributed by atoms with Crippen molar-refractivity contribution in [3.05, 3.63) is 35.4 Å². The van der Waals surface area contributed by atoms with Gasteiger partial charge in [0.2, 0.25) is 0 Å². The number of nitrogens with one attached hydrogen (secondary N) is 2. The molecule has 1 aliphatic carbocycles. The van der Waals surface area contributed by atoms with E-state index in [1.54, 1.807) is 24.3 Å². The van der Waals surface area contributed by atoms with E-state index in [1.165, 1.54) is 11.3 Å². The zero-order chi connectivity index (χ0) is 17.8. The van der Waals surface area contributed by atoms with Crippen LogP contribution in [0.5, 0.6) is 0 Å². The number of hydrogen-bond acceptors (Lipinski definition) is 3. The fourth-order valence-corrected chi connectivity index (χ4v) is 3.03. The van der Waals surface area contributed by atoms with Gasteiger partial charge in [0.15, 0.2) is 5.96 Å². The highest BCUT2D eigenvalue weighted by atomic mass is 127. The van der Waals surface area contributed by atoms with Crippen LogP contribution in [0.25, 0.3) is 0 Å². The Labute approximate surface area is 171 Å². The lowest BCUT2D eigenvalue weighted by Gasteiger charge is -2.13. The van der Waals surface area contributed by atoms with Gasteiger partial charge in [-0.3, -0.25) is 19.5 Å². The third-order valence-electron chi connectivity index (χ3n) is 4.71. The molecule has 0 saturated heterocycles. The van der Waals surface area contributed by atoms with E-state index in [2.05, 4.69) is 29.5 Å². The first-order chi connectivity index (χ1) is 12.1. The van der Waals surface area contributed by atoms with Crippen LogP contribution in [0.2, 0.25) is 0 Å². The molecule has 2 aliphatic rings. The minimum absolute atomic E-state index is 0. The number of benzene rings is 1. The van der Waals surface area contributed by atoms with E-state index in [0.29, 0.717) is 30.3 Å². The summed E-state index contributed by atoms with van der Waals surface area (Å²) in [6.45, 7) is 6.24. The quantitative estimate of drug-likeness (QED) is 0.211. The molecular weight excluding hydrogens is 443 g/mol. The number of aliphatic imine (C=N–C) groups is 1. The SMILES string of the molecule is CCNC(=NCCCCN1C(=O)c2ccccc2C1=O)NC1CC1C.I. The van der Waals surface area contributed by atoms with Gasteiger partial charge >= 0.3 is 0 Å². The number of hydrogen-bond donors (Lipinski definition) is 2. The lowest BCUT2D eigenvalue weighted by molar-refractivity contribution is 0.0652. The lowest BCUT2D eigenvalue weighted by atomic mass is 10.1. The lowest BCUT2D eigenvalue weighted by Crippen LogP contribution is -2.39. The molecule has 0 bridgehead atoms. The van der Waals surface area contributed by atoms with E-state index < -0.39 is 0 Å². The highest BCUT2D eigenvalue weighted by Crippen LogP contribution is 2.28. The number of imide groups is 1. The fraction of sp³-hybridized carbons (Fsp3) is 0.526. The average Bonchev–Trinajstić information content (AvgIpc) is 3.25. The van der Waals surface area contributed by atoms with Crippen LogP contribution in [0, 0.1) is 5.92 Å². The maximum absolute atomic E-state index is 12.3. The minimum Gasteiger partial charge on any atom is -0.357 e. The Morgan fingerprint density at radius 1 is 1.19 bits per heavy atom. The van der Waals surface area contributed by atoms with Crippen molar-refractivity contribution < 1.29 is 9.59 Å². The molecule has 2 N–H and O–H groups in total. The minimum atomic E-state index is -0.179. The summed E-state index contributed by atoms with van der Waals surface area (Å²) in [5.41, 5.74) is 1.03. The zero-order valence-electron chi connectivity index (χ0n) is 15.3. The van der Waals surface area contributed by atoms with E-state index in [4.69, 9.17) is 0 Å². The van der Waals surface area contributed by atoms with Crippen LogP contribution in [-0.4, -0.2) is 48.3 Å². The van der Waals surface area contributed by atoms with Gasteiger partial charge in [-0.1, -0.05) is 19.1 Å². The van der Waals surface area contributed by atoms with Crippen molar-refractivity contribution >= 4 is 41.8 Å². The molecule has 2 atom stereocenters. The molecule has 142 valence electrons. The molecule has 1 heterocycles. The molecular formula is C19H27IN4O2. The number of carbonyl (C=O) groups is 2. The molecule has 1 saturated carbocycles. The maximum Gasteiger partial charge on any atom is 0.261 e. The van der Waals surface area contributed by atoms with Gasteiger partial charge in [-0.05, 0) is 44.2 Å². The van der Waals surface area contributed by atoms with Crippen LogP contribution in [0.3, 0.4) is 0 Å². The first-order valence-electron chi connectivity index (χ1n) is 9.12. The number of carbonyl (C=O) groups excluding carboxylic acids is 2. The Morgan fingerprint density at radius 2 is 1.81 bits per heavy atom. The van der Waals surface area contributed by atoms with Gasteiger partial charge in [-0.25, -0.2) is 0 Å². The van der Waals surface area contributed by atoms with Gasteiger partial charge in [0, 0.05) is 25.7 Å². The fourth-order valence-electron chi connectivity index (χ4n) is 3.03. The zero-order valence-corrected chi connectivity index (χ0v) is 17.7. The van der Waals surface area contributed by atoms with Gasteiger partial charge < -0.3 is 10.6 Å². The van der Waals surface area contributed by atoms with Crippen LogP contribution >= 0.6 is 24.0 Å². The molecule has 0 radical (unpaired) electrons. The van der Waals surface area contributed by atoms with Crippen LogP contribution in [0.1, 0.15) is 53.8 Å². The second-order valence-electron chi connectivity index (χ2n) is 6.74. The van der Waals surface area contributed by atoms with Crippen molar-refractivity contribution in [2.75, 3.05) is 19.6 Å². The third kappa shape index (κ3) is 4.75.